The molecule has 0 radical (unpaired) electrons. The molecule has 3 rings (SSSR count). The normalized spacial score (nSPS) is 17.9. The van der Waals surface area contributed by atoms with Crippen LogP contribution in [-0.2, 0) is 20.8 Å². The maximum atomic E-state index is 11.6. The molecule has 1 aromatic heterocycles. The average molecular weight is 333 g/mol. The zero-order valence-electron chi connectivity index (χ0n) is 13.0. The van der Waals surface area contributed by atoms with Crippen LogP contribution in [-0.4, -0.2) is 31.0 Å². The van der Waals surface area contributed by atoms with Gasteiger partial charge in [0.05, 0.1) is 25.0 Å². The number of methoxy groups -OCH3 is 1. The Labute approximate surface area is 139 Å². The van der Waals surface area contributed by atoms with E-state index in [0.29, 0.717) is 12.2 Å². The van der Waals surface area contributed by atoms with Crippen molar-refractivity contribution in [3.05, 3.63) is 40.9 Å². The van der Waals surface area contributed by atoms with Crippen LogP contribution in [0.2, 0.25) is 0 Å². The van der Waals surface area contributed by atoms with E-state index in [1.807, 2.05) is 17.5 Å². The fraction of sp³-hybridized carbons (Fsp3) is 0.412. The van der Waals surface area contributed by atoms with Gasteiger partial charge >= 0.3 is 5.97 Å². The molecule has 0 spiro atoms. The lowest BCUT2D eigenvalue weighted by atomic mass is 10.1. The van der Waals surface area contributed by atoms with Gasteiger partial charge in [-0.15, -0.1) is 11.3 Å². The summed E-state index contributed by atoms with van der Waals surface area (Å²) in [7, 11) is 1.38. The number of ether oxygens (including phenoxy) is 3. The summed E-state index contributed by atoms with van der Waals surface area (Å²) in [5, 5.41) is 2.84. The third kappa shape index (κ3) is 4.16. The van der Waals surface area contributed by atoms with Crippen LogP contribution < -0.4 is 0 Å². The van der Waals surface area contributed by atoms with Gasteiger partial charge < -0.3 is 14.2 Å². The van der Waals surface area contributed by atoms with Crippen molar-refractivity contribution >= 4 is 17.3 Å². The van der Waals surface area contributed by atoms with E-state index >= 15 is 0 Å². The molecule has 2 heterocycles. The first-order valence-electron chi connectivity index (χ1n) is 7.62. The van der Waals surface area contributed by atoms with Gasteiger partial charge in [-0.1, -0.05) is 12.1 Å². The van der Waals surface area contributed by atoms with Crippen LogP contribution in [0.15, 0.2) is 29.6 Å². The van der Waals surface area contributed by atoms with Gasteiger partial charge in [-0.25, -0.2) is 9.78 Å². The summed E-state index contributed by atoms with van der Waals surface area (Å²) in [6.07, 6.45) is 3.08. The Kier molecular flexibility index (Phi) is 5.38. The summed E-state index contributed by atoms with van der Waals surface area (Å²) in [6, 6.07) is 7.28. The van der Waals surface area contributed by atoms with Crippen molar-refractivity contribution in [2.45, 2.75) is 32.2 Å². The highest BCUT2D eigenvalue weighted by Crippen LogP contribution is 2.25. The fourth-order valence-electron chi connectivity index (χ4n) is 2.42. The van der Waals surface area contributed by atoms with Gasteiger partial charge in [0.2, 0.25) is 0 Å². The molecule has 5 nitrogen and oxygen atoms in total. The number of carbonyl (C=O) groups is 1. The molecule has 1 aromatic carbocycles. The molecule has 1 unspecified atom stereocenters. The third-order valence-corrected chi connectivity index (χ3v) is 4.58. The minimum Gasteiger partial charge on any atom is -0.465 e. The minimum atomic E-state index is -0.346. The molecule has 1 aliphatic rings. The molecule has 2 aromatic rings. The maximum Gasteiger partial charge on any atom is 0.337 e. The summed E-state index contributed by atoms with van der Waals surface area (Å²) < 4.78 is 16.0. The number of hydrogen-bond donors (Lipinski definition) is 0. The summed E-state index contributed by atoms with van der Waals surface area (Å²) >= 11 is 1.53. The predicted molar refractivity (Wildman–Crippen MR) is 87.3 cm³/mol. The fourth-order valence-corrected chi connectivity index (χ4v) is 3.23. The summed E-state index contributed by atoms with van der Waals surface area (Å²) in [4.78, 5) is 16.2. The Morgan fingerprint density at radius 2 is 2.35 bits per heavy atom. The first-order valence-corrected chi connectivity index (χ1v) is 8.50. The molecule has 0 N–H and O–H groups in total. The van der Waals surface area contributed by atoms with Crippen molar-refractivity contribution in [1.82, 2.24) is 4.98 Å². The number of nitrogens with zero attached hydrogens (tertiary/aromatic N) is 1. The third-order valence-electron chi connectivity index (χ3n) is 3.64. The Morgan fingerprint density at radius 3 is 3.13 bits per heavy atom. The van der Waals surface area contributed by atoms with E-state index in [9.17, 15) is 4.79 Å². The van der Waals surface area contributed by atoms with Crippen molar-refractivity contribution in [3.8, 4) is 10.6 Å². The van der Waals surface area contributed by atoms with Gasteiger partial charge in [-0.3, -0.25) is 0 Å². The zero-order valence-corrected chi connectivity index (χ0v) is 13.8. The highest BCUT2D eigenvalue weighted by molar-refractivity contribution is 7.13. The molecular formula is C17H19NO4S. The van der Waals surface area contributed by atoms with Gasteiger partial charge in [0, 0.05) is 17.6 Å². The molecular weight excluding hydrogens is 314 g/mol. The largest absolute Gasteiger partial charge is 0.465 e. The van der Waals surface area contributed by atoms with Crippen LogP contribution in [0.3, 0.4) is 0 Å². The number of carbonyl (C=O) groups excluding carboxylic acids is 1. The lowest BCUT2D eigenvalue weighted by molar-refractivity contribution is -0.169. The summed E-state index contributed by atoms with van der Waals surface area (Å²) in [6.45, 7) is 1.21. The second-order valence-electron chi connectivity index (χ2n) is 5.32. The lowest BCUT2D eigenvalue weighted by Gasteiger charge is -2.22. The van der Waals surface area contributed by atoms with Gasteiger partial charge in [-0.05, 0) is 31.4 Å². The van der Waals surface area contributed by atoms with Crippen LogP contribution in [0.5, 0.6) is 0 Å². The summed E-state index contributed by atoms with van der Waals surface area (Å²) in [5.74, 6) is -0.346. The van der Waals surface area contributed by atoms with E-state index in [-0.39, 0.29) is 12.3 Å². The Hall–Kier alpha value is -1.76. The van der Waals surface area contributed by atoms with Crippen LogP contribution in [0, 0.1) is 0 Å². The topological polar surface area (TPSA) is 57.7 Å². The quantitative estimate of drug-likeness (QED) is 0.782. The van der Waals surface area contributed by atoms with Gasteiger partial charge in [-0.2, -0.15) is 0 Å². The first kappa shape index (κ1) is 16.1. The first-order chi connectivity index (χ1) is 11.3. The lowest BCUT2D eigenvalue weighted by Crippen LogP contribution is -2.22. The van der Waals surface area contributed by atoms with E-state index in [1.54, 1.807) is 12.1 Å². The van der Waals surface area contributed by atoms with E-state index in [1.165, 1.54) is 18.4 Å². The van der Waals surface area contributed by atoms with Crippen molar-refractivity contribution in [3.63, 3.8) is 0 Å². The van der Waals surface area contributed by atoms with Gasteiger partial charge in [0.1, 0.15) is 5.01 Å². The molecule has 6 heteroatoms. The van der Waals surface area contributed by atoms with Crippen LogP contribution in [0.1, 0.15) is 35.3 Å². The Morgan fingerprint density at radius 1 is 1.43 bits per heavy atom. The smallest absolute Gasteiger partial charge is 0.337 e. The van der Waals surface area contributed by atoms with Crippen molar-refractivity contribution in [1.29, 1.82) is 0 Å². The molecule has 1 fully saturated rings. The highest BCUT2D eigenvalue weighted by atomic mass is 32.1. The number of thiazole rings is 1. The predicted octanol–water partition coefficient (Wildman–Crippen LogP) is 3.64. The SMILES string of the molecule is COC(=O)c1cccc(-c2nc(COC3CCCCO3)cs2)c1. The number of aromatic nitrogens is 1. The maximum absolute atomic E-state index is 11.6. The Bertz CT molecular complexity index is 664. The van der Waals surface area contributed by atoms with Crippen molar-refractivity contribution in [2.24, 2.45) is 0 Å². The molecule has 0 bridgehead atoms. The zero-order chi connectivity index (χ0) is 16.1. The van der Waals surface area contributed by atoms with Crippen LogP contribution in [0.25, 0.3) is 10.6 Å². The molecule has 1 aliphatic heterocycles. The summed E-state index contributed by atoms with van der Waals surface area (Å²) in [5.41, 5.74) is 2.30. The monoisotopic (exact) mass is 333 g/mol. The molecule has 23 heavy (non-hydrogen) atoms. The minimum absolute atomic E-state index is 0.114. The van der Waals surface area contributed by atoms with Crippen LogP contribution in [0.4, 0.5) is 0 Å². The standard InChI is InChI=1S/C17H19NO4S/c1-20-17(19)13-6-4-5-12(9-13)16-18-14(11-23-16)10-22-15-7-2-3-8-21-15/h4-6,9,11,15H,2-3,7-8,10H2,1H3. The van der Waals surface area contributed by atoms with Crippen molar-refractivity contribution < 1.29 is 19.0 Å². The molecule has 0 aliphatic carbocycles. The second kappa shape index (κ2) is 7.68. The van der Waals surface area contributed by atoms with E-state index in [0.717, 1.165) is 42.1 Å². The average Bonchev–Trinajstić information content (AvgIpc) is 3.09. The van der Waals surface area contributed by atoms with Gasteiger partial charge in [0.25, 0.3) is 0 Å². The number of esters is 1. The van der Waals surface area contributed by atoms with Crippen LogP contribution >= 0.6 is 11.3 Å². The number of rotatable bonds is 5. The number of benzene rings is 1. The molecule has 0 amide bonds. The van der Waals surface area contributed by atoms with Crippen molar-refractivity contribution in [2.75, 3.05) is 13.7 Å². The molecule has 1 saturated heterocycles. The molecule has 1 atom stereocenters. The van der Waals surface area contributed by atoms with E-state index in [4.69, 9.17) is 14.2 Å². The second-order valence-corrected chi connectivity index (χ2v) is 6.18. The number of hydrogen-bond acceptors (Lipinski definition) is 6. The van der Waals surface area contributed by atoms with Gasteiger partial charge in [0.15, 0.2) is 6.29 Å². The highest BCUT2D eigenvalue weighted by Gasteiger charge is 2.15. The molecule has 122 valence electrons. The Balaban J connectivity index is 1.65. The van der Waals surface area contributed by atoms with E-state index in [2.05, 4.69) is 4.98 Å². The van der Waals surface area contributed by atoms with E-state index < -0.39 is 0 Å². The molecule has 0 saturated carbocycles.